The number of nitrogens with one attached hydrogen (secondary N) is 1. The predicted molar refractivity (Wildman–Crippen MR) is 74.5 cm³/mol. The minimum Gasteiger partial charge on any atom is -0.480 e. The fourth-order valence-corrected chi connectivity index (χ4v) is 4.11. The molecule has 1 aromatic rings. The number of carbonyl (C=O) groups is 2. The van der Waals surface area contributed by atoms with E-state index in [2.05, 4.69) is 10.4 Å². The first-order valence-electron chi connectivity index (χ1n) is 6.63. The molecule has 0 aromatic carbocycles. The van der Waals surface area contributed by atoms with Crippen LogP contribution in [0.25, 0.3) is 0 Å². The minimum atomic E-state index is -3.43. The maximum Gasteiger partial charge on any atom is 0.325 e. The summed E-state index contributed by atoms with van der Waals surface area (Å²) in [5, 5.41) is 14.4. The summed E-state index contributed by atoms with van der Waals surface area (Å²) >= 11 is 0. The molecule has 8 nitrogen and oxygen atoms in total. The van der Waals surface area contributed by atoms with Gasteiger partial charge in [0.1, 0.15) is 12.3 Å². The maximum atomic E-state index is 12.0. The number of rotatable bonds is 6. The molecule has 0 unspecified atom stereocenters. The molecule has 0 saturated heterocycles. The molecule has 1 aliphatic rings. The molecule has 21 heavy (non-hydrogen) atoms. The lowest BCUT2D eigenvalue weighted by molar-refractivity contribution is -0.137. The Morgan fingerprint density at radius 1 is 1.38 bits per heavy atom. The Morgan fingerprint density at radius 3 is 2.67 bits per heavy atom. The summed E-state index contributed by atoms with van der Waals surface area (Å²) in [5.41, 5.74) is 0. The van der Waals surface area contributed by atoms with Gasteiger partial charge in [0.25, 0.3) is 0 Å². The van der Waals surface area contributed by atoms with Crippen LogP contribution in [0.2, 0.25) is 0 Å². The van der Waals surface area contributed by atoms with Crippen molar-refractivity contribution in [1.82, 2.24) is 9.78 Å². The van der Waals surface area contributed by atoms with Crippen LogP contribution in [0, 0.1) is 0 Å². The van der Waals surface area contributed by atoms with Crippen LogP contribution in [0.15, 0.2) is 12.3 Å². The third-order valence-electron chi connectivity index (χ3n) is 3.35. The van der Waals surface area contributed by atoms with Crippen molar-refractivity contribution in [2.45, 2.75) is 37.5 Å². The normalized spacial score (nSPS) is 16.0. The quantitative estimate of drug-likeness (QED) is 0.777. The summed E-state index contributed by atoms with van der Waals surface area (Å²) in [5.74, 6) is -2.13. The van der Waals surface area contributed by atoms with Crippen LogP contribution in [0.3, 0.4) is 0 Å². The number of anilines is 1. The average Bonchev–Trinajstić information content (AvgIpc) is 2.98. The average molecular weight is 315 g/mol. The zero-order valence-corrected chi connectivity index (χ0v) is 12.2. The van der Waals surface area contributed by atoms with Crippen molar-refractivity contribution in [3.8, 4) is 0 Å². The van der Waals surface area contributed by atoms with E-state index in [1.54, 1.807) is 0 Å². The second-order valence-corrected chi connectivity index (χ2v) is 7.34. The van der Waals surface area contributed by atoms with Gasteiger partial charge < -0.3 is 10.4 Å². The lowest BCUT2D eigenvalue weighted by atomic mass is 10.4. The second kappa shape index (κ2) is 6.25. The number of carboxylic acids is 1. The molecular formula is C12H17N3O5S. The fourth-order valence-electron chi connectivity index (χ4n) is 2.38. The van der Waals surface area contributed by atoms with Crippen LogP contribution in [0.4, 0.5) is 5.82 Å². The summed E-state index contributed by atoms with van der Waals surface area (Å²) in [6.45, 7) is -0.323. The molecule has 0 spiro atoms. The number of aromatic nitrogens is 2. The van der Waals surface area contributed by atoms with Crippen molar-refractivity contribution in [3.63, 3.8) is 0 Å². The highest BCUT2D eigenvalue weighted by Gasteiger charge is 2.30. The summed E-state index contributed by atoms with van der Waals surface area (Å²) < 4.78 is 25.2. The zero-order chi connectivity index (χ0) is 15.5. The first kappa shape index (κ1) is 15.5. The summed E-state index contributed by atoms with van der Waals surface area (Å²) in [6, 6.07) is 1.42. The Hall–Kier alpha value is -1.90. The molecule has 0 bridgehead atoms. The Balaban J connectivity index is 1.92. The van der Waals surface area contributed by atoms with Crippen LogP contribution in [0.1, 0.15) is 25.7 Å². The first-order chi connectivity index (χ1) is 9.87. The fraction of sp³-hybridized carbons (Fsp3) is 0.583. The van der Waals surface area contributed by atoms with E-state index in [-0.39, 0.29) is 12.4 Å². The molecule has 1 fully saturated rings. The van der Waals surface area contributed by atoms with Gasteiger partial charge in [0.2, 0.25) is 5.91 Å². The van der Waals surface area contributed by atoms with Gasteiger partial charge in [-0.15, -0.1) is 0 Å². The largest absolute Gasteiger partial charge is 0.480 e. The lowest BCUT2D eigenvalue weighted by Gasteiger charge is -2.10. The third kappa shape index (κ3) is 4.28. The van der Waals surface area contributed by atoms with Crippen molar-refractivity contribution < 1.29 is 23.1 Å². The van der Waals surface area contributed by atoms with Gasteiger partial charge in [-0.05, 0) is 12.8 Å². The molecule has 1 saturated carbocycles. The van der Waals surface area contributed by atoms with Crippen molar-refractivity contribution >= 4 is 27.5 Å². The molecule has 116 valence electrons. The van der Waals surface area contributed by atoms with Crippen LogP contribution in [-0.2, 0) is 26.0 Å². The molecule has 0 atom stereocenters. The van der Waals surface area contributed by atoms with E-state index >= 15 is 0 Å². The van der Waals surface area contributed by atoms with E-state index in [0.717, 1.165) is 17.5 Å². The van der Waals surface area contributed by atoms with E-state index < -0.39 is 32.7 Å². The topological polar surface area (TPSA) is 118 Å². The molecule has 1 aliphatic carbocycles. The van der Waals surface area contributed by atoms with Crippen molar-refractivity contribution in [3.05, 3.63) is 12.3 Å². The van der Waals surface area contributed by atoms with Crippen LogP contribution >= 0.6 is 0 Å². The number of hydrogen-bond donors (Lipinski definition) is 2. The van der Waals surface area contributed by atoms with Gasteiger partial charge >= 0.3 is 5.97 Å². The van der Waals surface area contributed by atoms with Gasteiger partial charge in [-0.1, -0.05) is 12.8 Å². The first-order valence-corrected chi connectivity index (χ1v) is 8.35. The molecule has 2 rings (SSSR count). The van der Waals surface area contributed by atoms with Gasteiger partial charge in [-0.2, -0.15) is 5.10 Å². The number of carbonyl (C=O) groups excluding carboxylic acids is 1. The van der Waals surface area contributed by atoms with E-state index in [1.807, 2.05) is 0 Å². The Labute approximate surface area is 122 Å². The van der Waals surface area contributed by atoms with Crippen LogP contribution in [0.5, 0.6) is 0 Å². The molecule has 2 N–H and O–H groups in total. The number of carboxylic acid groups (broad SMARTS) is 1. The zero-order valence-electron chi connectivity index (χ0n) is 11.4. The molecule has 1 aromatic heterocycles. The van der Waals surface area contributed by atoms with Crippen molar-refractivity contribution in [2.75, 3.05) is 11.1 Å². The molecule has 9 heteroatoms. The molecule has 1 heterocycles. The molecule has 0 radical (unpaired) electrons. The Morgan fingerprint density at radius 2 is 2.05 bits per heavy atom. The van der Waals surface area contributed by atoms with E-state index in [1.165, 1.54) is 12.3 Å². The SMILES string of the molecule is O=C(O)Cn1ccc(NC(=O)CS(=O)(=O)C2CCCC2)n1. The van der Waals surface area contributed by atoms with Crippen molar-refractivity contribution in [1.29, 1.82) is 0 Å². The van der Waals surface area contributed by atoms with E-state index in [4.69, 9.17) is 5.11 Å². The summed E-state index contributed by atoms with van der Waals surface area (Å²) in [6.07, 6.45) is 4.39. The standard InChI is InChI=1S/C12H17N3O5S/c16-11(8-21(19,20)9-3-1-2-4-9)13-10-5-6-15(14-10)7-12(17)18/h5-6,9H,1-4,7-8H2,(H,17,18)(H,13,14,16). The number of aliphatic carboxylic acids is 1. The Kier molecular flexibility index (Phi) is 4.61. The highest BCUT2D eigenvalue weighted by Crippen LogP contribution is 2.25. The number of hydrogen-bond acceptors (Lipinski definition) is 5. The monoisotopic (exact) mass is 315 g/mol. The third-order valence-corrected chi connectivity index (χ3v) is 5.50. The summed E-state index contributed by atoms with van der Waals surface area (Å²) in [7, 11) is -3.43. The van der Waals surface area contributed by atoms with E-state index in [0.29, 0.717) is 12.8 Å². The lowest BCUT2D eigenvalue weighted by Crippen LogP contribution is -2.29. The summed E-state index contributed by atoms with van der Waals surface area (Å²) in [4.78, 5) is 22.3. The number of amides is 1. The van der Waals surface area contributed by atoms with Gasteiger partial charge in [-0.25, -0.2) is 8.42 Å². The highest BCUT2D eigenvalue weighted by molar-refractivity contribution is 7.92. The number of nitrogens with zero attached hydrogens (tertiary/aromatic N) is 2. The smallest absolute Gasteiger partial charge is 0.325 e. The second-order valence-electron chi connectivity index (χ2n) is 5.05. The van der Waals surface area contributed by atoms with Gasteiger partial charge in [0.15, 0.2) is 15.7 Å². The minimum absolute atomic E-state index is 0.142. The van der Waals surface area contributed by atoms with Gasteiger partial charge in [0, 0.05) is 12.3 Å². The molecule has 0 aliphatic heterocycles. The number of sulfone groups is 1. The van der Waals surface area contributed by atoms with Crippen molar-refractivity contribution in [2.24, 2.45) is 0 Å². The molecular weight excluding hydrogens is 298 g/mol. The van der Waals surface area contributed by atoms with E-state index in [9.17, 15) is 18.0 Å². The highest BCUT2D eigenvalue weighted by atomic mass is 32.2. The predicted octanol–water partition coefficient (Wildman–Crippen LogP) is 0.264. The van der Waals surface area contributed by atoms with Crippen LogP contribution < -0.4 is 5.32 Å². The van der Waals surface area contributed by atoms with Gasteiger partial charge in [-0.3, -0.25) is 14.3 Å². The van der Waals surface area contributed by atoms with Gasteiger partial charge in [0.05, 0.1) is 5.25 Å². The van der Waals surface area contributed by atoms with Crippen LogP contribution in [-0.4, -0.2) is 46.2 Å². The maximum absolute atomic E-state index is 12.0. The molecule has 1 amide bonds. The Bertz CT molecular complexity index is 631.